The van der Waals surface area contributed by atoms with Crippen LogP contribution in [0, 0.1) is 0 Å². The largest absolute Gasteiger partial charge is 0.344 e. The van der Waals surface area contributed by atoms with Crippen molar-refractivity contribution >= 4 is 23.5 Å². The first-order chi connectivity index (χ1) is 9.20. The van der Waals surface area contributed by atoms with Crippen LogP contribution in [0.1, 0.15) is 39.0 Å². The maximum atomic E-state index is 6.02. The number of unbranched alkanes of at least 4 members (excludes halogenated alkanes) is 2. The summed E-state index contributed by atoms with van der Waals surface area (Å²) < 4.78 is 0. The highest BCUT2D eigenvalue weighted by molar-refractivity contribution is 6.28. The quantitative estimate of drug-likeness (QED) is 0.751. The molecule has 1 aromatic heterocycles. The van der Waals surface area contributed by atoms with Gasteiger partial charge in [0.05, 0.1) is 0 Å². The fourth-order valence-electron chi connectivity index (χ4n) is 2.26. The second kappa shape index (κ2) is 6.89. The Morgan fingerprint density at radius 2 is 1.89 bits per heavy atom. The van der Waals surface area contributed by atoms with Crippen molar-refractivity contribution in [2.24, 2.45) is 0 Å². The lowest BCUT2D eigenvalue weighted by Crippen LogP contribution is -2.25. The monoisotopic (exact) mass is 283 g/mol. The van der Waals surface area contributed by atoms with Gasteiger partial charge in [0.25, 0.3) is 0 Å². The fraction of sp³-hybridized carbons (Fsp3) is 0.769. The normalized spacial score (nSPS) is 15.0. The zero-order chi connectivity index (χ0) is 13.7. The summed E-state index contributed by atoms with van der Waals surface area (Å²) in [6.07, 6.45) is 5.98. The molecule has 1 aliphatic heterocycles. The van der Waals surface area contributed by atoms with Gasteiger partial charge in [-0.15, -0.1) is 0 Å². The minimum Gasteiger partial charge on any atom is -0.344 e. The lowest BCUT2D eigenvalue weighted by molar-refractivity contribution is 0.694. The second-order valence-electron chi connectivity index (χ2n) is 5.03. The van der Waals surface area contributed by atoms with Crippen LogP contribution in [-0.4, -0.2) is 41.6 Å². The van der Waals surface area contributed by atoms with Gasteiger partial charge < -0.3 is 9.80 Å². The van der Waals surface area contributed by atoms with Gasteiger partial charge >= 0.3 is 0 Å². The highest BCUT2D eigenvalue weighted by Gasteiger charge is 2.18. The van der Waals surface area contributed by atoms with E-state index in [1.165, 1.54) is 25.7 Å². The summed E-state index contributed by atoms with van der Waals surface area (Å²) in [5, 5.41) is 0.286. The molecule has 0 unspecified atom stereocenters. The molecule has 1 aromatic rings. The minimum absolute atomic E-state index is 0.286. The van der Waals surface area contributed by atoms with Crippen LogP contribution in [0.3, 0.4) is 0 Å². The molecule has 1 saturated heterocycles. The molecule has 106 valence electrons. The zero-order valence-electron chi connectivity index (χ0n) is 11.8. The zero-order valence-corrected chi connectivity index (χ0v) is 12.5. The van der Waals surface area contributed by atoms with E-state index in [2.05, 4.69) is 31.7 Å². The van der Waals surface area contributed by atoms with Gasteiger partial charge in [-0.25, -0.2) is 0 Å². The van der Waals surface area contributed by atoms with E-state index < -0.39 is 0 Å². The van der Waals surface area contributed by atoms with Crippen LogP contribution >= 0.6 is 11.6 Å². The summed E-state index contributed by atoms with van der Waals surface area (Å²) >= 11 is 6.02. The van der Waals surface area contributed by atoms with Crippen molar-refractivity contribution in [2.75, 3.05) is 36.5 Å². The van der Waals surface area contributed by atoms with E-state index in [1.807, 2.05) is 7.05 Å². The van der Waals surface area contributed by atoms with Crippen molar-refractivity contribution in [3.63, 3.8) is 0 Å². The molecular formula is C13H22ClN5. The second-order valence-corrected chi connectivity index (χ2v) is 5.37. The van der Waals surface area contributed by atoms with Crippen molar-refractivity contribution in [1.82, 2.24) is 15.0 Å². The summed E-state index contributed by atoms with van der Waals surface area (Å²) in [6, 6.07) is 0. The molecule has 2 rings (SSSR count). The van der Waals surface area contributed by atoms with Gasteiger partial charge in [-0.3, -0.25) is 0 Å². The van der Waals surface area contributed by atoms with Crippen LogP contribution in [0.2, 0.25) is 5.28 Å². The van der Waals surface area contributed by atoms with Gasteiger partial charge in [0, 0.05) is 26.7 Å². The van der Waals surface area contributed by atoms with Crippen molar-refractivity contribution < 1.29 is 0 Å². The molecule has 0 atom stereocenters. The van der Waals surface area contributed by atoms with Crippen molar-refractivity contribution in [1.29, 1.82) is 0 Å². The fourth-order valence-corrected chi connectivity index (χ4v) is 2.41. The Morgan fingerprint density at radius 3 is 2.58 bits per heavy atom. The smallest absolute Gasteiger partial charge is 0.231 e. The van der Waals surface area contributed by atoms with E-state index in [4.69, 9.17) is 11.6 Å². The standard InChI is InChI=1S/C13H22ClN5/c1-3-4-5-8-18(2)12-15-11(14)16-13(17-12)19-9-6-7-10-19/h3-10H2,1-2H3. The number of rotatable bonds is 6. The van der Waals surface area contributed by atoms with Gasteiger partial charge in [-0.1, -0.05) is 19.8 Å². The lowest BCUT2D eigenvalue weighted by atomic mass is 10.2. The summed E-state index contributed by atoms with van der Waals surface area (Å²) in [5.41, 5.74) is 0. The number of hydrogen-bond acceptors (Lipinski definition) is 5. The molecule has 0 bridgehead atoms. The molecule has 0 spiro atoms. The topological polar surface area (TPSA) is 45.2 Å². The lowest BCUT2D eigenvalue weighted by Gasteiger charge is -2.20. The average Bonchev–Trinajstić information content (AvgIpc) is 2.92. The molecule has 5 nitrogen and oxygen atoms in total. The summed E-state index contributed by atoms with van der Waals surface area (Å²) in [7, 11) is 2.01. The Morgan fingerprint density at radius 1 is 1.16 bits per heavy atom. The third kappa shape index (κ3) is 3.93. The molecule has 0 aliphatic carbocycles. The third-order valence-corrected chi connectivity index (χ3v) is 3.58. The van der Waals surface area contributed by atoms with E-state index in [0.29, 0.717) is 5.95 Å². The number of nitrogens with zero attached hydrogens (tertiary/aromatic N) is 5. The Labute approximate surface area is 120 Å². The molecular weight excluding hydrogens is 262 g/mol. The van der Waals surface area contributed by atoms with Crippen LogP contribution in [0.15, 0.2) is 0 Å². The maximum Gasteiger partial charge on any atom is 0.231 e. The Kier molecular flexibility index (Phi) is 5.19. The molecule has 6 heteroatoms. The van der Waals surface area contributed by atoms with Gasteiger partial charge in [0.2, 0.25) is 17.2 Å². The van der Waals surface area contributed by atoms with Crippen LogP contribution < -0.4 is 9.80 Å². The Hall–Kier alpha value is -1.10. The Bertz CT molecular complexity index is 406. The average molecular weight is 284 g/mol. The maximum absolute atomic E-state index is 6.02. The number of halogens is 1. The highest BCUT2D eigenvalue weighted by Crippen LogP contribution is 2.20. The predicted octanol–water partition coefficient (Wildman–Crippen LogP) is 2.75. The summed E-state index contributed by atoms with van der Waals surface area (Å²) in [5.74, 6) is 1.40. The summed E-state index contributed by atoms with van der Waals surface area (Å²) in [4.78, 5) is 17.2. The van der Waals surface area contributed by atoms with Crippen molar-refractivity contribution in [2.45, 2.75) is 39.0 Å². The Balaban J connectivity index is 2.07. The molecule has 0 radical (unpaired) electrons. The number of aromatic nitrogens is 3. The van der Waals surface area contributed by atoms with Gasteiger partial charge in [-0.2, -0.15) is 15.0 Å². The van der Waals surface area contributed by atoms with E-state index in [-0.39, 0.29) is 5.28 Å². The molecule has 1 fully saturated rings. The minimum atomic E-state index is 0.286. The molecule has 0 amide bonds. The number of anilines is 2. The highest BCUT2D eigenvalue weighted by atomic mass is 35.5. The molecule has 1 aliphatic rings. The van der Waals surface area contributed by atoms with Crippen LogP contribution in [0.5, 0.6) is 0 Å². The van der Waals surface area contributed by atoms with E-state index in [0.717, 1.165) is 32.0 Å². The summed E-state index contributed by atoms with van der Waals surface area (Å²) in [6.45, 7) is 5.18. The predicted molar refractivity (Wildman–Crippen MR) is 79.1 cm³/mol. The molecule has 0 saturated carbocycles. The van der Waals surface area contributed by atoms with E-state index >= 15 is 0 Å². The van der Waals surface area contributed by atoms with E-state index in [9.17, 15) is 0 Å². The number of hydrogen-bond donors (Lipinski definition) is 0. The van der Waals surface area contributed by atoms with Crippen molar-refractivity contribution in [3.05, 3.63) is 5.28 Å². The van der Waals surface area contributed by atoms with E-state index in [1.54, 1.807) is 0 Å². The van der Waals surface area contributed by atoms with Gasteiger partial charge in [0.15, 0.2) is 0 Å². The van der Waals surface area contributed by atoms with Crippen molar-refractivity contribution in [3.8, 4) is 0 Å². The van der Waals surface area contributed by atoms with Gasteiger partial charge in [0.1, 0.15) is 0 Å². The molecule has 0 N–H and O–H groups in total. The van der Waals surface area contributed by atoms with Crippen LogP contribution in [-0.2, 0) is 0 Å². The molecule has 2 heterocycles. The van der Waals surface area contributed by atoms with Gasteiger partial charge in [-0.05, 0) is 30.9 Å². The van der Waals surface area contributed by atoms with Crippen LogP contribution in [0.25, 0.3) is 0 Å². The first-order valence-corrected chi connectivity index (χ1v) is 7.46. The molecule has 0 aromatic carbocycles. The SMILES string of the molecule is CCCCCN(C)c1nc(Cl)nc(N2CCCC2)n1. The third-order valence-electron chi connectivity index (χ3n) is 3.41. The molecule has 19 heavy (non-hydrogen) atoms. The first-order valence-electron chi connectivity index (χ1n) is 7.08. The first kappa shape index (κ1) is 14.3. The van der Waals surface area contributed by atoms with Crippen LogP contribution in [0.4, 0.5) is 11.9 Å².